The first-order valence-corrected chi connectivity index (χ1v) is 12.2. The van der Waals surface area contributed by atoms with Crippen LogP contribution in [0, 0.1) is 24.2 Å². The maximum atomic E-state index is 13.2. The number of halogens is 3. The number of anilines is 1. The fraction of sp³-hybridized carbons (Fsp3) is 0.520. The average molecular weight is 500 g/mol. The number of aromatic nitrogens is 4. The topological polar surface area (TPSA) is 93.6 Å². The number of rotatable bonds is 5. The highest BCUT2D eigenvalue weighted by Crippen LogP contribution is 2.37. The van der Waals surface area contributed by atoms with Gasteiger partial charge in [-0.2, -0.15) is 23.5 Å². The highest BCUT2D eigenvalue weighted by atomic mass is 19.4. The van der Waals surface area contributed by atoms with Crippen LogP contribution in [0.1, 0.15) is 67.0 Å². The van der Waals surface area contributed by atoms with Crippen LogP contribution in [0.3, 0.4) is 0 Å². The zero-order valence-electron chi connectivity index (χ0n) is 20.0. The Morgan fingerprint density at radius 3 is 2.81 bits per heavy atom. The summed E-state index contributed by atoms with van der Waals surface area (Å²) in [6.07, 6.45) is 0.0187. The molecule has 5 heterocycles. The van der Waals surface area contributed by atoms with Gasteiger partial charge in [-0.05, 0) is 44.2 Å². The van der Waals surface area contributed by atoms with E-state index >= 15 is 0 Å². The zero-order chi connectivity index (χ0) is 25.4. The third-order valence-corrected chi connectivity index (χ3v) is 7.11. The van der Waals surface area contributed by atoms with Gasteiger partial charge in [0, 0.05) is 43.9 Å². The van der Waals surface area contributed by atoms with E-state index in [9.17, 15) is 18.3 Å². The van der Waals surface area contributed by atoms with Gasteiger partial charge in [-0.1, -0.05) is 12.5 Å². The summed E-state index contributed by atoms with van der Waals surface area (Å²) >= 11 is 0. The fourth-order valence-corrected chi connectivity index (χ4v) is 5.31. The molecule has 3 aromatic heterocycles. The number of nitrogens with zero attached hydrogens (tertiary/aromatic N) is 7. The van der Waals surface area contributed by atoms with E-state index in [2.05, 4.69) is 16.0 Å². The van der Waals surface area contributed by atoms with Crippen LogP contribution in [0.4, 0.5) is 19.0 Å². The van der Waals surface area contributed by atoms with Crippen molar-refractivity contribution in [3.63, 3.8) is 0 Å². The van der Waals surface area contributed by atoms with Crippen LogP contribution >= 0.6 is 0 Å². The average Bonchev–Trinajstić information content (AvgIpc) is 3.49. The smallest absolute Gasteiger partial charge is 0.372 e. The molecular weight excluding hydrogens is 471 g/mol. The minimum atomic E-state index is -4.58. The molecular formula is C25H28F3N7O. The van der Waals surface area contributed by atoms with Crippen molar-refractivity contribution in [1.29, 1.82) is 5.26 Å². The molecule has 36 heavy (non-hydrogen) atoms. The molecule has 0 saturated carbocycles. The molecule has 3 aromatic rings. The molecule has 0 radical (unpaired) electrons. The van der Waals surface area contributed by atoms with Gasteiger partial charge in [0.2, 0.25) is 0 Å². The van der Waals surface area contributed by atoms with E-state index in [0.717, 1.165) is 49.8 Å². The third kappa shape index (κ3) is 4.75. The molecule has 1 N–H and O–H groups in total. The van der Waals surface area contributed by atoms with Crippen LogP contribution in [0.15, 0.2) is 30.5 Å². The first-order valence-electron chi connectivity index (χ1n) is 12.2. The Bertz CT molecular complexity index is 1280. The van der Waals surface area contributed by atoms with Gasteiger partial charge in [0.05, 0.1) is 23.5 Å². The summed E-state index contributed by atoms with van der Waals surface area (Å²) in [5.41, 5.74) is 1.31. The highest BCUT2D eigenvalue weighted by molar-refractivity contribution is 5.54. The lowest BCUT2D eigenvalue weighted by atomic mass is 9.98. The molecule has 2 saturated heterocycles. The first-order chi connectivity index (χ1) is 17.2. The number of alkyl halides is 3. The number of piperidine rings is 1. The molecule has 0 aliphatic carbocycles. The van der Waals surface area contributed by atoms with Crippen molar-refractivity contribution in [2.24, 2.45) is 5.92 Å². The molecule has 11 heteroatoms. The van der Waals surface area contributed by atoms with Gasteiger partial charge < -0.3 is 10.0 Å². The van der Waals surface area contributed by atoms with Crippen LogP contribution in [0.2, 0.25) is 0 Å². The van der Waals surface area contributed by atoms with Gasteiger partial charge in [-0.25, -0.2) is 14.5 Å². The van der Waals surface area contributed by atoms with E-state index < -0.39 is 18.1 Å². The summed E-state index contributed by atoms with van der Waals surface area (Å²) in [7, 11) is 0. The predicted octanol–water partition coefficient (Wildman–Crippen LogP) is 4.41. The largest absolute Gasteiger partial charge is 0.433 e. The predicted molar refractivity (Wildman–Crippen MR) is 126 cm³/mol. The monoisotopic (exact) mass is 499 g/mol. The second kappa shape index (κ2) is 9.67. The molecule has 3 atom stereocenters. The Balaban J connectivity index is 1.42. The standard InChI is InChI=1S/C25H28F3N7O/c1-16-14-35-22(31-23(16)33-12-9-17(15-33)8-10-29)13-19(32-35)20-6-2-3-11-34(20)24(36)18-5-4-7-21(30-18)25(26,27)28/h4-5,7,13-14,17,20,24,36H,2-3,6,8-9,11-12,15H2,1H3. The second-order valence-electron chi connectivity index (χ2n) is 9.65. The van der Waals surface area contributed by atoms with Crippen LogP contribution in [-0.2, 0) is 6.18 Å². The summed E-state index contributed by atoms with van der Waals surface area (Å²) in [6.45, 7) is 4.15. The summed E-state index contributed by atoms with van der Waals surface area (Å²) in [5, 5.41) is 24.8. The summed E-state index contributed by atoms with van der Waals surface area (Å²) in [5.74, 6) is 1.22. The van der Waals surface area contributed by atoms with Crippen molar-refractivity contribution in [3.8, 4) is 6.07 Å². The van der Waals surface area contributed by atoms with Crippen LogP contribution in [0.25, 0.3) is 5.65 Å². The Hall–Kier alpha value is -3.23. The second-order valence-corrected chi connectivity index (χ2v) is 9.65. The van der Waals surface area contributed by atoms with E-state index in [1.165, 1.54) is 12.1 Å². The number of aliphatic hydroxyl groups is 1. The molecule has 0 aromatic carbocycles. The third-order valence-electron chi connectivity index (χ3n) is 7.11. The number of fused-ring (bicyclic) bond motifs is 1. The Morgan fingerprint density at radius 1 is 1.19 bits per heavy atom. The summed E-state index contributed by atoms with van der Waals surface area (Å²) in [4.78, 5) is 12.5. The first kappa shape index (κ1) is 24.5. The number of likely N-dealkylation sites (tertiary alicyclic amines) is 1. The van der Waals surface area contributed by atoms with E-state index in [-0.39, 0.29) is 11.7 Å². The highest BCUT2D eigenvalue weighted by Gasteiger charge is 2.36. The molecule has 0 bridgehead atoms. The van der Waals surface area contributed by atoms with Crippen LogP contribution in [-0.4, -0.2) is 49.2 Å². The zero-order valence-corrected chi connectivity index (χ0v) is 20.0. The van der Waals surface area contributed by atoms with Crippen molar-refractivity contribution < 1.29 is 18.3 Å². The molecule has 3 unspecified atom stereocenters. The van der Waals surface area contributed by atoms with Crippen molar-refractivity contribution in [1.82, 2.24) is 24.5 Å². The minimum Gasteiger partial charge on any atom is -0.372 e. The minimum absolute atomic E-state index is 0.0299. The number of hydrogen-bond donors (Lipinski definition) is 1. The van der Waals surface area contributed by atoms with Gasteiger partial charge in [-0.15, -0.1) is 0 Å². The molecule has 190 valence electrons. The molecule has 2 fully saturated rings. The van der Waals surface area contributed by atoms with Gasteiger partial charge in [0.15, 0.2) is 11.9 Å². The van der Waals surface area contributed by atoms with Crippen molar-refractivity contribution in [2.45, 2.75) is 57.5 Å². The van der Waals surface area contributed by atoms with Gasteiger partial charge >= 0.3 is 6.18 Å². The number of pyridine rings is 1. The molecule has 0 spiro atoms. The number of nitriles is 1. The van der Waals surface area contributed by atoms with Crippen LogP contribution < -0.4 is 4.90 Å². The number of aliphatic hydroxyl groups excluding tert-OH is 1. The van der Waals surface area contributed by atoms with Crippen molar-refractivity contribution >= 4 is 11.5 Å². The Morgan fingerprint density at radius 2 is 2.03 bits per heavy atom. The maximum absolute atomic E-state index is 13.2. The molecule has 2 aliphatic heterocycles. The fourth-order valence-electron chi connectivity index (χ4n) is 5.31. The van der Waals surface area contributed by atoms with Gasteiger partial charge in [0.1, 0.15) is 11.5 Å². The van der Waals surface area contributed by atoms with E-state index in [4.69, 9.17) is 15.3 Å². The summed E-state index contributed by atoms with van der Waals surface area (Å²) < 4.78 is 41.2. The Labute approximate surface area is 207 Å². The van der Waals surface area contributed by atoms with Crippen molar-refractivity contribution in [2.75, 3.05) is 24.5 Å². The SMILES string of the molecule is Cc1cn2nc(C3CCCCN3C(O)c3cccc(C(F)(F)F)n3)cc2nc1N1CCC(CC#N)C1. The van der Waals surface area contributed by atoms with E-state index in [1.807, 2.05) is 19.2 Å². The van der Waals surface area contributed by atoms with E-state index in [1.54, 1.807) is 9.42 Å². The van der Waals surface area contributed by atoms with Gasteiger partial charge in [-0.3, -0.25) is 4.90 Å². The normalized spacial score (nSPS) is 22.2. The molecule has 2 aliphatic rings. The van der Waals surface area contributed by atoms with Crippen LogP contribution in [0.5, 0.6) is 0 Å². The quantitative estimate of drug-likeness (QED) is 0.556. The maximum Gasteiger partial charge on any atom is 0.433 e. The summed E-state index contributed by atoms with van der Waals surface area (Å²) in [6, 6.07) is 7.46. The number of hydrogen-bond acceptors (Lipinski definition) is 7. The number of aryl methyl sites for hydroxylation is 1. The molecule has 0 amide bonds. The lowest BCUT2D eigenvalue weighted by molar-refractivity contribution is -0.141. The van der Waals surface area contributed by atoms with E-state index in [0.29, 0.717) is 36.6 Å². The molecule has 5 rings (SSSR count). The Kier molecular flexibility index (Phi) is 6.57. The molecule has 8 nitrogen and oxygen atoms in total. The lowest BCUT2D eigenvalue weighted by Gasteiger charge is -2.37. The van der Waals surface area contributed by atoms with Gasteiger partial charge in [0.25, 0.3) is 0 Å². The van der Waals surface area contributed by atoms with Crippen molar-refractivity contribution in [3.05, 3.63) is 53.1 Å². The lowest BCUT2D eigenvalue weighted by Crippen LogP contribution is -2.37.